The molecule has 2 aromatic rings. The first-order chi connectivity index (χ1) is 6.68. The van der Waals surface area contributed by atoms with Gasteiger partial charge in [-0.15, -0.1) is 0 Å². The number of carbonyl (C=O) groups excluding carboxylic acids is 1. The number of rotatable bonds is 1. The minimum atomic E-state index is -1.12. The van der Waals surface area contributed by atoms with E-state index >= 15 is 0 Å². The molecule has 0 radical (unpaired) electrons. The zero-order chi connectivity index (χ0) is 10.1. The minimum Gasteiger partial charge on any atom is -0.545 e. The quantitative estimate of drug-likeness (QED) is 0.438. The van der Waals surface area contributed by atoms with Gasteiger partial charge in [0.1, 0.15) is 0 Å². The van der Waals surface area contributed by atoms with Crippen molar-refractivity contribution in [2.24, 2.45) is 0 Å². The number of carboxylic acids is 1. The van der Waals surface area contributed by atoms with Crippen molar-refractivity contribution in [2.75, 3.05) is 0 Å². The number of carbonyl (C=O) groups is 1. The summed E-state index contributed by atoms with van der Waals surface area (Å²) in [7, 11) is 0. The summed E-state index contributed by atoms with van der Waals surface area (Å²) >= 11 is 2.00. The fourth-order valence-electron chi connectivity index (χ4n) is 1.37. The average Bonchev–Trinajstić information content (AvgIpc) is 2.16. The summed E-state index contributed by atoms with van der Waals surface area (Å²) in [6.07, 6.45) is 0. The second kappa shape index (κ2) is 5.24. The molecule has 0 N–H and O–H groups in total. The fraction of sp³-hybridized carbons (Fsp3) is 0. The molecule has 2 rings (SSSR count). The van der Waals surface area contributed by atoms with Crippen molar-refractivity contribution in [1.82, 2.24) is 0 Å². The Morgan fingerprint density at radius 1 is 1.13 bits per heavy atom. The van der Waals surface area contributed by atoms with Crippen molar-refractivity contribution in [3.05, 3.63) is 45.5 Å². The SMILES string of the molecule is O=C([O-])c1cc2ccccc2cc1I.[Tl+]. The number of carboxylic acid groups (broad SMARTS) is 1. The maximum absolute atomic E-state index is 10.7. The summed E-state index contributed by atoms with van der Waals surface area (Å²) in [6.45, 7) is 0. The number of benzene rings is 2. The molecule has 72 valence electrons. The summed E-state index contributed by atoms with van der Waals surface area (Å²) in [5, 5.41) is 12.7. The largest absolute Gasteiger partial charge is 1.00 e. The van der Waals surface area contributed by atoms with E-state index in [4.69, 9.17) is 0 Å². The maximum atomic E-state index is 10.7. The Kier molecular flexibility index (Phi) is 4.50. The molecule has 0 aromatic heterocycles. The van der Waals surface area contributed by atoms with Crippen molar-refractivity contribution in [2.45, 2.75) is 0 Å². The number of aromatic carboxylic acids is 1. The van der Waals surface area contributed by atoms with Gasteiger partial charge in [-0.25, -0.2) is 0 Å². The molecule has 0 atom stereocenters. The summed E-state index contributed by atoms with van der Waals surface area (Å²) < 4.78 is 0.710. The van der Waals surface area contributed by atoms with E-state index in [1.165, 1.54) is 0 Å². The molecule has 2 aromatic carbocycles. The molecule has 0 heterocycles. The molecule has 0 aliphatic heterocycles. The Hall–Kier alpha value is -0.178. The maximum Gasteiger partial charge on any atom is 1.00 e. The summed E-state index contributed by atoms with van der Waals surface area (Å²) in [4.78, 5) is 10.7. The second-order valence-corrected chi connectivity index (χ2v) is 4.13. The van der Waals surface area contributed by atoms with Crippen LogP contribution in [0.4, 0.5) is 0 Å². The molecule has 0 unspecified atom stereocenters. The molecule has 0 aliphatic rings. The molecule has 0 bridgehead atoms. The normalized spacial score (nSPS) is 9.67. The third-order valence-electron chi connectivity index (χ3n) is 2.06. The van der Waals surface area contributed by atoms with Gasteiger partial charge < -0.3 is 9.90 Å². The molecule has 15 heavy (non-hydrogen) atoms. The first-order valence-corrected chi connectivity index (χ1v) is 5.16. The molecule has 0 fully saturated rings. The van der Waals surface area contributed by atoms with Gasteiger partial charge in [-0.05, 0) is 45.5 Å². The van der Waals surface area contributed by atoms with Gasteiger partial charge >= 0.3 is 27.3 Å². The van der Waals surface area contributed by atoms with Gasteiger partial charge in [0.2, 0.25) is 0 Å². The van der Waals surface area contributed by atoms with E-state index < -0.39 is 5.97 Å². The van der Waals surface area contributed by atoms with Crippen molar-refractivity contribution in [3.63, 3.8) is 0 Å². The topological polar surface area (TPSA) is 40.1 Å². The summed E-state index contributed by atoms with van der Waals surface area (Å²) in [5.41, 5.74) is 0.254. The van der Waals surface area contributed by atoms with Crippen molar-refractivity contribution in [1.29, 1.82) is 0 Å². The van der Waals surface area contributed by atoms with Gasteiger partial charge in [0.05, 0.1) is 5.97 Å². The molecule has 2 nitrogen and oxygen atoms in total. The summed E-state index contributed by atoms with van der Waals surface area (Å²) in [6, 6.07) is 11.1. The first kappa shape index (κ1) is 12.9. The zero-order valence-electron chi connectivity index (χ0n) is 7.74. The first-order valence-electron chi connectivity index (χ1n) is 4.08. The number of halogens is 1. The smallest absolute Gasteiger partial charge is 0.545 e. The van der Waals surface area contributed by atoms with Gasteiger partial charge in [0, 0.05) is 9.13 Å². The second-order valence-electron chi connectivity index (χ2n) is 2.97. The predicted molar refractivity (Wildman–Crippen MR) is 66.7 cm³/mol. The van der Waals surface area contributed by atoms with E-state index in [9.17, 15) is 9.90 Å². The molecule has 0 saturated carbocycles. The van der Waals surface area contributed by atoms with Crippen LogP contribution in [-0.4, -0.2) is 33.3 Å². The third-order valence-corrected chi connectivity index (χ3v) is 2.95. The average molecular weight is 501 g/mol. The van der Waals surface area contributed by atoms with E-state index in [2.05, 4.69) is 0 Å². The van der Waals surface area contributed by atoms with Crippen LogP contribution in [0.3, 0.4) is 0 Å². The van der Waals surface area contributed by atoms with Gasteiger partial charge in [0.15, 0.2) is 0 Å². The molecule has 0 spiro atoms. The van der Waals surface area contributed by atoms with Crippen molar-refractivity contribution < 1.29 is 9.90 Å². The molecule has 4 heteroatoms. The molecule has 0 aliphatic carbocycles. The van der Waals surface area contributed by atoms with Crippen LogP contribution in [0.15, 0.2) is 36.4 Å². The zero-order valence-corrected chi connectivity index (χ0v) is 14.4. The van der Waals surface area contributed by atoms with E-state index in [0.29, 0.717) is 3.57 Å². The summed E-state index contributed by atoms with van der Waals surface area (Å²) in [5.74, 6) is -1.12. The van der Waals surface area contributed by atoms with Crippen LogP contribution in [-0.2, 0) is 0 Å². The Balaban J connectivity index is 0.00000112. The van der Waals surface area contributed by atoms with Crippen LogP contribution in [0.2, 0.25) is 0 Å². The monoisotopic (exact) mass is 502 g/mol. The molecular weight excluding hydrogens is 495 g/mol. The van der Waals surface area contributed by atoms with Crippen LogP contribution in [0.25, 0.3) is 10.8 Å². The Morgan fingerprint density at radius 3 is 2.20 bits per heavy atom. The molecule has 0 amide bonds. The van der Waals surface area contributed by atoms with Gasteiger partial charge in [-0.1, -0.05) is 24.3 Å². The van der Waals surface area contributed by atoms with Crippen LogP contribution >= 0.6 is 22.6 Å². The Labute approximate surface area is 121 Å². The number of hydrogen-bond donors (Lipinski definition) is 0. The van der Waals surface area contributed by atoms with E-state index in [1.54, 1.807) is 6.07 Å². The van der Waals surface area contributed by atoms with E-state index in [0.717, 1.165) is 10.8 Å². The van der Waals surface area contributed by atoms with Crippen LogP contribution in [0.1, 0.15) is 10.4 Å². The molecular formula is C11H6IO2Tl. The number of hydrogen-bond acceptors (Lipinski definition) is 2. The van der Waals surface area contributed by atoms with Gasteiger partial charge in [-0.2, -0.15) is 0 Å². The fourth-order valence-corrected chi connectivity index (χ4v) is 2.08. The standard InChI is InChI=1S/C11H7IO2.Tl/c12-10-6-8-4-2-1-3-7(8)5-9(10)11(13)14;/h1-6H,(H,13,14);/q;+1/p-1. The van der Waals surface area contributed by atoms with E-state index in [1.807, 2.05) is 52.9 Å². The van der Waals surface area contributed by atoms with Crippen molar-refractivity contribution >= 4 is 66.6 Å². The number of fused-ring (bicyclic) bond motifs is 1. The van der Waals surface area contributed by atoms with Crippen LogP contribution in [0.5, 0.6) is 0 Å². The Bertz CT molecular complexity index is 511. The van der Waals surface area contributed by atoms with Crippen molar-refractivity contribution in [3.8, 4) is 0 Å². The van der Waals surface area contributed by atoms with Crippen LogP contribution < -0.4 is 5.11 Å². The van der Waals surface area contributed by atoms with Gasteiger partial charge in [0.25, 0.3) is 0 Å². The molecule has 0 saturated heterocycles. The van der Waals surface area contributed by atoms with Crippen LogP contribution in [0, 0.1) is 3.57 Å². The predicted octanol–water partition coefficient (Wildman–Crippen LogP) is 1.43. The Morgan fingerprint density at radius 2 is 1.67 bits per heavy atom. The third kappa shape index (κ3) is 2.69. The van der Waals surface area contributed by atoms with Gasteiger partial charge in [-0.3, -0.25) is 0 Å². The minimum absolute atomic E-state index is 0. The van der Waals surface area contributed by atoms with E-state index in [-0.39, 0.29) is 32.9 Å².